The Labute approximate surface area is 122 Å². The standard InChI is InChI=1S/C13H16ClN3OS/c1-4-17-12(15-16-13(17)19-5-2)10-8-9(14)6-7-11(10)18-3/h6-8H,4-5H2,1-3H3. The van der Waals surface area contributed by atoms with E-state index in [1.807, 2.05) is 12.1 Å². The Morgan fingerprint density at radius 3 is 2.74 bits per heavy atom. The molecule has 1 aromatic heterocycles. The Balaban J connectivity index is 2.55. The first-order chi connectivity index (χ1) is 9.21. The van der Waals surface area contributed by atoms with Gasteiger partial charge < -0.3 is 9.30 Å². The third-order valence-corrected chi connectivity index (χ3v) is 3.79. The molecule has 0 fully saturated rings. The van der Waals surface area contributed by atoms with E-state index in [4.69, 9.17) is 16.3 Å². The molecule has 4 nitrogen and oxygen atoms in total. The predicted molar refractivity (Wildman–Crippen MR) is 79.1 cm³/mol. The summed E-state index contributed by atoms with van der Waals surface area (Å²) in [6, 6.07) is 5.51. The van der Waals surface area contributed by atoms with Crippen molar-refractivity contribution in [2.24, 2.45) is 0 Å². The molecule has 0 saturated heterocycles. The number of ether oxygens (including phenoxy) is 1. The summed E-state index contributed by atoms with van der Waals surface area (Å²) in [4.78, 5) is 0. The Morgan fingerprint density at radius 2 is 2.11 bits per heavy atom. The van der Waals surface area contributed by atoms with Crippen molar-refractivity contribution in [2.45, 2.75) is 25.5 Å². The lowest BCUT2D eigenvalue weighted by Gasteiger charge is -2.10. The number of hydrogen-bond donors (Lipinski definition) is 0. The number of nitrogens with zero attached hydrogens (tertiary/aromatic N) is 3. The largest absolute Gasteiger partial charge is 0.496 e. The molecule has 2 rings (SSSR count). The highest BCUT2D eigenvalue weighted by atomic mass is 35.5. The lowest BCUT2D eigenvalue weighted by molar-refractivity contribution is 0.416. The molecule has 0 unspecified atom stereocenters. The summed E-state index contributed by atoms with van der Waals surface area (Å²) in [5.41, 5.74) is 0.868. The fourth-order valence-corrected chi connectivity index (χ4v) is 2.76. The highest BCUT2D eigenvalue weighted by Crippen LogP contribution is 2.33. The minimum Gasteiger partial charge on any atom is -0.496 e. The molecule has 0 aliphatic rings. The maximum absolute atomic E-state index is 6.07. The van der Waals surface area contributed by atoms with Gasteiger partial charge in [-0.25, -0.2) is 0 Å². The molecule has 1 heterocycles. The first kappa shape index (κ1) is 14.2. The molecule has 0 bridgehead atoms. The second-order valence-electron chi connectivity index (χ2n) is 3.83. The van der Waals surface area contributed by atoms with Gasteiger partial charge in [0.05, 0.1) is 12.7 Å². The third-order valence-electron chi connectivity index (χ3n) is 2.71. The molecule has 102 valence electrons. The Hall–Kier alpha value is -1.20. The number of rotatable bonds is 5. The van der Waals surface area contributed by atoms with Gasteiger partial charge in [0.15, 0.2) is 11.0 Å². The first-order valence-corrected chi connectivity index (χ1v) is 7.47. The summed E-state index contributed by atoms with van der Waals surface area (Å²) in [6.45, 7) is 4.98. The van der Waals surface area contributed by atoms with Crippen LogP contribution in [0.4, 0.5) is 0 Å². The molecule has 0 atom stereocenters. The quantitative estimate of drug-likeness (QED) is 0.788. The van der Waals surface area contributed by atoms with Crippen LogP contribution in [0.15, 0.2) is 23.4 Å². The lowest BCUT2D eigenvalue weighted by Crippen LogP contribution is -2.01. The second-order valence-corrected chi connectivity index (χ2v) is 5.50. The van der Waals surface area contributed by atoms with Crippen LogP contribution in [-0.2, 0) is 6.54 Å². The van der Waals surface area contributed by atoms with Crippen LogP contribution in [0.1, 0.15) is 13.8 Å². The summed E-state index contributed by atoms with van der Waals surface area (Å²) in [5, 5.41) is 10.1. The highest BCUT2D eigenvalue weighted by molar-refractivity contribution is 7.99. The zero-order valence-electron chi connectivity index (χ0n) is 11.2. The van der Waals surface area contributed by atoms with E-state index in [-0.39, 0.29) is 0 Å². The first-order valence-electron chi connectivity index (χ1n) is 6.11. The van der Waals surface area contributed by atoms with Gasteiger partial charge in [0, 0.05) is 11.6 Å². The van der Waals surface area contributed by atoms with E-state index in [1.165, 1.54) is 0 Å². The van der Waals surface area contributed by atoms with Gasteiger partial charge in [-0.15, -0.1) is 10.2 Å². The van der Waals surface area contributed by atoms with E-state index < -0.39 is 0 Å². The van der Waals surface area contributed by atoms with Crippen LogP contribution >= 0.6 is 23.4 Å². The van der Waals surface area contributed by atoms with Crippen molar-refractivity contribution < 1.29 is 4.74 Å². The summed E-state index contributed by atoms with van der Waals surface area (Å²) < 4.78 is 7.45. The molecule has 0 aliphatic heterocycles. The average molecular weight is 298 g/mol. The van der Waals surface area contributed by atoms with Crippen LogP contribution in [-0.4, -0.2) is 27.6 Å². The van der Waals surface area contributed by atoms with Crippen molar-refractivity contribution in [2.75, 3.05) is 12.9 Å². The van der Waals surface area contributed by atoms with Crippen molar-refractivity contribution in [3.63, 3.8) is 0 Å². The van der Waals surface area contributed by atoms with Crippen molar-refractivity contribution in [3.05, 3.63) is 23.2 Å². The topological polar surface area (TPSA) is 39.9 Å². The molecular formula is C13H16ClN3OS. The molecule has 0 radical (unpaired) electrons. The normalized spacial score (nSPS) is 10.7. The molecule has 1 aromatic carbocycles. The number of thioether (sulfide) groups is 1. The number of methoxy groups -OCH3 is 1. The van der Waals surface area contributed by atoms with E-state index in [2.05, 4.69) is 28.6 Å². The zero-order chi connectivity index (χ0) is 13.8. The van der Waals surface area contributed by atoms with Crippen LogP contribution in [0.25, 0.3) is 11.4 Å². The molecule has 0 amide bonds. The van der Waals surface area contributed by atoms with E-state index in [0.29, 0.717) is 5.02 Å². The molecular weight excluding hydrogens is 282 g/mol. The van der Waals surface area contributed by atoms with Crippen molar-refractivity contribution in [1.82, 2.24) is 14.8 Å². The summed E-state index contributed by atoms with van der Waals surface area (Å²) in [7, 11) is 1.64. The maximum Gasteiger partial charge on any atom is 0.191 e. The Morgan fingerprint density at radius 1 is 1.32 bits per heavy atom. The average Bonchev–Trinajstić information content (AvgIpc) is 2.82. The maximum atomic E-state index is 6.07. The molecule has 6 heteroatoms. The van der Waals surface area contributed by atoms with Gasteiger partial charge in [-0.2, -0.15) is 0 Å². The van der Waals surface area contributed by atoms with Crippen LogP contribution in [0.2, 0.25) is 5.02 Å². The number of halogens is 1. The smallest absolute Gasteiger partial charge is 0.191 e. The van der Waals surface area contributed by atoms with Gasteiger partial charge >= 0.3 is 0 Å². The molecule has 0 N–H and O–H groups in total. The number of hydrogen-bond acceptors (Lipinski definition) is 4. The van der Waals surface area contributed by atoms with Crippen LogP contribution in [0.3, 0.4) is 0 Å². The van der Waals surface area contributed by atoms with Crippen LogP contribution < -0.4 is 4.74 Å². The van der Waals surface area contributed by atoms with Crippen LogP contribution in [0.5, 0.6) is 5.75 Å². The summed E-state index contributed by atoms with van der Waals surface area (Å²) in [6.07, 6.45) is 0. The van der Waals surface area contributed by atoms with E-state index in [9.17, 15) is 0 Å². The van der Waals surface area contributed by atoms with Gasteiger partial charge in [-0.1, -0.05) is 30.3 Å². The van der Waals surface area contributed by atoms with Gasteiger partial charge in [-0.3, -0.25) is 0 Å². The minimum atomic E-state index is 0.658. The lowest BCUT2D eigenvalue weighted by atomic mass is 10.2. The molecule has 19 heavy (non-hydrogen) atoms. The fraction of sp³-hybridized carbons (Fsp3) is 0.385. The van der Waals surface area contributed by atoms with Crippen molar-refractivity contribution in [3.8, 4) is 17.1 Å². The number of benzene rings is 1. The molecule has 0 spiro atoms. The monoisotopic (exact) mass is 297 g/mol. The zero-order valence-corrected chi connectivity index (χ0v) is 12.8. The molecule has 2 aromatic rings. The van der Waals surface area contributed by atoms with E-state index in [1.54, 1.807) is 24.9 Å². The van der Waals surface area contributed by atoms with Gasteiger partial charge in [0.1, 0.15) is 5.75 Å². The van der Waals surface area contributed by atoms with Gasteiger partial charge in [0.2, 0.25) is 0 Å². The molecule has 0 aliphatic carbocycles. The minimum absolute atomic E-state index is 0.658. The predicted octanol–water partition coefficient (Wildman–Crippen LogP) is 3.74. The van der Waals surface area contributed by atoms with Crippen molar-refractivity contribution in [1.29, 1.82) is 0 Å². The Bertz CT molecular complexity index is 571. The van der Waals surface area contributed by atoms with Crippen molar-refractivity contribution >= 4 is 23.4 Å². The SMILES string of the molecule is CCSc1nnc(-c2cc(Cl)ccc2OC)n1CC. The fourth-order valence-electron chi connectivity index (χ4n) is 1.86. The summed E-state index contributed by atoms with van der Waals surface area (Å²) >= 11 is 7.74. The van der Waals surface area contributed by atoms with Gasteiger partial charge in [0.25, 0.3) is 0 Å². The second kappa shape index (κ2) is 6.30. The molecule has 0 saturated carbocycles. The summed E-state index contributed by atoms with van der Waals surface area (Å²) in [5.74, 6) is 2.50. The highest BCUT2D eigenvalue weighted by Gasteiger charge is 2.16. The van der Waals surface area contributed by atoms with E-state index >= 15 is 0 Å². The van der Waals surface area contributed by atoms with Gasteiger partial charge in [-0.05, 0) is 30.9 Å². The number of aromatic nitrogens is 3. The van der Waals surface area contributed by atoms with E-state index in [0.717, 1.165) is 34.6 Å². The van der Waals surface area contributed by atoms with Crippen LogP contribution in [0, 0.1) is 0 Å². The third kappa shape index (κ3) is 2.87. The Kier molecular flexibility index (Phi) is 4.71.